The molecule has 0 aliphatic rings. The molecule has 0 aromatic carbocycles. The van der Waals surface area contributed by atoms with Gasteiger partial charge in [-0.3, -0.25) is 0 Å². The van der Waals surface area contributed by atoms with E-state index in [2.05, 4.69) is 62.1 Å². The summed E-state index contributed by atoms with van der Waals surface area (Å²) in [5.41, 5.74) is 0.0492. The van der Waals surface area contributed by atoms with Crippen LogP contribution in [0.15, 0.2) is 18.2 Å². The van der Waals surface area contributed by atoms with Crippen LogP contribution in [0.25, 0.3) is 0 Å². The number of hydrogen-bond acceptors (Lipinski definition) is 3. The zero-order valence-electron chi connectivity index (χ0n) is 11.7. The Morgan fingerprint density at radius 3 is 2.59 bits per heavy atom. The van der Waals surface area contributed by atoms with Crippen LogP contribution in [0, 0.1) is 0 Å². The van der Waals surface area contributed by atoms with Crippen molar-refractivity contribution >= 4 is 11.6 Å². The van der Waals surface area contributed by atoms with Crippen molar-refractivity contribution in [3.05, 3.63) is 18.2 Å². The van der Waals surface area contributed by atoms with Crippen molar-refractivity contribution in [3.63, 3.8) is 0 Å². The number of hydrogen-bond donors (Lipinski definition) is 1. The molecule has 0 atom stereocenters. The molecule has 1 aromatic heterocycles. The lowest BCUT2D eigenvalue weighted by molar-refractivity contribution is 0.630. The number of unbranched alkanes of at least 4 members (excludes halogenated alkanes) is 1. The summed E-state index contributed by atoms with van der Waals surface area (Å²) in [7, 11) is 2.10. The molecule has 0 fully saturated rings. The summed E-state index contributed by atoms with van der Waals surface area (Å²) < 4.78 is 0. The number of nitrogens with one attached hydrogen (secondary N) is 1. The summed E-state index contributed by atoms with van der Waals surface area (Å²) in [6, 6.07) is 6.13. The van der Waals surface area contributed by atoms with Crippen molar-refractivity contribution in [3.8, 4) is 0 Å². The third kappa shape index (κ3) is 5.07. The van der Waals surface area contributed by atoms with Gasteiger partial charge < -0.3 is 10.2 Å². The Balaban J connectivity index is 2.71. The summed E-state index contributed by atoms with van der Waals surface area (Å²) in [6.07, 6.45) is 2.42. The predicted molar refractivity (Wildman–Crippen MR) is 75.8 cm³/mol. The van der Waals surface area contributed by atoms with E-state index < -0.39 is 0 Å². The fourth-order valence-corrected chi connectivity index (χ4v) is 1.60. The molecule has 17 heavy (non-hydrogen) atoms. The van der Waals surface area contributed by atoms with Gasteiger partial charge in [0, 0.05) is 19.1 Å². The third-order valence-corrected chi connectivity index (χ3v) is 2.48. The first-order valence-corrected chi connectivity index (χ1v) is 6.39. The average molecular weight is 235 g/mol. The van der Waals surface area contributed by atoms with Crippen LogP contribution in [0.2, 0.25) is 0 Å². The standard InChI is InChI=1S/C14H25N3/c1-6-7-11-17(5)13-10-8-9-12(15-13)16-14(2,3)4/h8-10H,6-7,11H2,1-5H3,(H,15,16). The van der Waals surface area contributed by atoms with Crippen molar-refractivity contribution in [1.82, 2.24) is 4.98 Å². The van der Waals surface area contributed by atoms with Gasteiger partial charge >= 0.3 is 0 Å². The lowest BCUT2D eigenvalue weighted by atomic mass is 10.1. The summed E-state index contributed by atoms with van der Waals surface area (Å²) >= 11 is 0. The van der Waals surface area contributed by atoms with E-state index in [0.29, 0.717) is 0 Å². The van der Waals surface area contributed by atoms with Crippen molar-refractivity contribution < 1.29 is 0 Å². The largest absolute Gasteiger partial charge is 0.365 e. The summed E-state index contributed by atoms with van der Waals surface area (Å²) in [5, 5.41) is 3.39. The second-order valence-electron chi connectivity index (χ2n) is 5.53. The van der Waals surface area contributed by atoms with Crippen LogP contribution in [0.5, 0.6) is 0 Å². The Labute approximate surface area is 105 Å². The molecule has 1 N–H and O–H groups in total. The fraction of sp³-hybridized carbons (Fsp3) is 0.643. The van der Waals surface area contributed by atoms with Gasteiger partial charge in [0.05, 0.1) is 0 Å². The van der Waals surface area contributed by atoms with Crippen LogP contribution in [0.3, 0.4) is 0 Å². The summed E-state index contributed by atoms with van der Waals surface area (Å²) in [4.78, 5) is 6.83. The van der Waals surface area contributed by atoms with Crippen molar-refractivity contribution in [2.24, 2.45) is 0 Å². The van der Waals surface area contributed by atoms with Crippen LogP contribution in [0.1, 0.15) is 40.5 Å². The van der Waals surface area contributed by atoms with E-state index in [4.69, 9.17) is 0 Å². The highest BCUT2D eigenvalue weighted by Gasteiger charge is 2.10. The van der Waals surface area contributed by atoms with Gasteiger partial charge in [0.2, 0.25) is 0 Å². The molecule has 3 nitrogen and oxygen atoms in total. The molecule has 0 radical (unpaired) electrons. The Hall–Kier alpha value is -1.25. The molecule has 0 aliphatic heterocycles. The average Bonchev–Trinajstić information content (AvgIpc) is 2.24. The highest BCUT2D eigenvalue weighted by Crippen LogP contribution is 2.16. The van der Waals surface area contributed by atoms with E-state index in [9.17, 15) is 0 Å². The fourth-order valence-electron chi connectivity index (χ4n) is 1.60. The maximum Gasteiger partial charge on any atom is 0.130 e. The maximum atomic E-state index is 4.63. The minimum atomic E-state index is 0.0492. The minimum absolute atomic E-state index is 0.0492. The summed E-state index contributed by atoms with van der Waals surface area (Å²) in [6.45, 7) is 9.69. The van der Waals surface area contributed by atoms with Crippen LogP contribution < -0.4 is 10.2 Å². The molecule has 0 aliphatic carbocycles. The van der Waals surface area contributed by atoms with Gasteiger partial charge in [-0.15, -0.1) is 0 Å². The molecule has 96 valence electrons. The second kappa shape index (κ2) is 5.89. The highest BCUT2D eigenvalue weighted by molar-refractivity contribution is 5.47. The molecule has 0 saturated carbocycles. The molecule has 1 rings (SSSR count). The van der Waals surface area contributed by atoms with Gasteiger partial charge in [0.15, 0.2) is 0 Å². The zero-order chi connectivity index (χ0) is 12.9. The number of anilines is 2. The van der Waals surface area contributed by atoms with Crippen LogP contribution in [-0.4, -0.2) is 24.1 Å². The smallest absolute Gasteiger partial charge is 0.130 e. The van der Waals surface area contributed by atoms with Crippen molar-refractivity contribution in [2.45, 2.75) is 46.1 Å². The predicted octanol–water partition coefficient (Wildman–Crippen LogP) is 3.53. The lowest BCUT2D eigenvalue weighted by Gasteiger charge is -2.23. The summed E-state index contributed by atoms with van der Waals surface area (Å²) in [5.74, 6) is 1.98. The number of pyridine rings is 1. The van der Waals surface area contributed by atoms with Crippen molar-refractivity contribution in [1.29, 1.82) is 0 Å². The highest BCUT2D eigenvalue weighted by atomic mass is 15.2. The maximum absolute atomic E-state index is 4.63. The molecule has 0 bridgehead atoms. The second-order valence-corrected chi connectivity index (χ2v) is 5.53. The monoisotopic (exact) mass is 235 g/mol. The Kier molecular flexibility index (Phi) is 4.79. The zero-order valence-corrected chi connectivity index (χ0v) is 11.7. The number of nitrogens with zero attached hydrogens (tertiary/aromatic N) is 2. The van der Waals surface area contributed by atoms with Gasteiger partial charge in [-0.25, -0.2) is 4.98 Å². The molecular formula is C14H25N3. The van der Waals surface area contributed by atoms with E-state index in [1.807, 2.05) is 6.07 Å². The van der Waals surface area contributed by atoms with Gasteiger partial charge in [-0.2, -0.15) is 0 Å². The van der Waals surface area contributed by atoms with Gasteiger partial charge in [0.25, 0.3) is 0 Å². The molecule has 1 heterocycles. The first-order chi connectivity index (χ1) is 7.92. The van der Waals surface area contributed by atoms with Crippen molar-refractivity contribution in [2.75, 3.05) is 23.8 Å². The van der Waals surface area contributed by atoms with Crippen LogP contribution in [0.4, 0.5) is 11.6 Å². The molecule has 0 amide bonds. The Morgan fingerprint density at radius 2 is 2.00 bits per heavy atom. The SMILES string of the molecule is CCCCN(C)c1cccc(NC(C)(C)C)n1. The van der Waals surface area contributed by atoms with E-state index in [0.717, 1.165) is 18.2 Å². The van der Waals surface area contributed by atoms with E-state index in [1.165, 1.54) is 12.8 Å². The van der Waals surface area contributed by atoms with E-state index >= 15 is 0 Å². The molecule has 0 saturated heterocycles. The molecule has 0 spiro atoms. The van der Waals surface area contributed by atoms with E-state index in [1.54, 1.807) is 0 Å². The molecule has 3 heteroatoms. The van der Waals surface area contributed by atoms with Gasteiger partial charge in [0.1, 0.15) is 11.6 Å². The molecule has 0 unspecified atom stereocenters. The number of aromatic nitrogens is 1. The van der Waals surface area contributed by atoms with Crippen LogP contribution >= 0.6 is 0 Å². The Bertz CT molecular complexity index is 342. The first kappa shape index (κ1) is 13.8. The third-order valence-electron chi connectivity index (χ3n) is 2.48. The lowest BCUT2D eigenvalue weighted by Crippen LogP contribution is -2.27. The topological polar surface area (TPSA) is 28.2 Å². The van der Waals surface area contributed by atoms with Gasteiger partial charge in [-0.1, -0.05) is 19.4 Å². The molecular weight excluding hydrogens is 210 g/mol. The minimum Gasteiger partial charge on any atom is -0.365 e. The van der Waals surface area contributed by atoms with E-state index in [-0.39, 0.29) is 5.54 Å². The number of rotatable bonds is 5. The normalized spacial score (nSPS) is 11.4. The molecule has 1 aromatic rings. The Morgan fingerprint density at radius 1 is 1.29 bits per heavy atom. The van der Waals surface area contributed by atoms with Gasteiger partial charge in [-0.05, 0) is 39.3 Å². The quantitative estimate of drug-likeness (QED) is 0.846. The first-order valence-electron chi connectivity index (χ1n) is 6.39. The van der Waals surface area contributed by atoms with Crippen LogP contribution in [-0.2, 0) is 0 Å².